The summed E-state index contributed by atoms with van der Waals surface area (Å²) in [4.78, 5) is 23.3. The van der Waals surface area contributed by atoms with E-state index in [4.69, 9.17) is 16.0 Å². The van der Waals surface area contributed by atoms with Crippen LogP contribution in [-0.4, -0.2) is 31.7 Å². The number of hydrogen-bond donors (Lipinski definition) is 2. The monoisotopic (exact) mass is 411 g/mol. The number of amides is 1. The summed E-state index contributed by atoms with van der Waals surface area (Å²) in [6, 6.07) is 17.4. The molecule has 0 aliphatic rings. The predicted molar refractivity (Wildman–Crippen MR) is 111 cm³/mol. The molecule has 0 saturated carbocycles. The number of anilines is 1. The van der Waals surface area contributed by atoms with Crippen LogP contribution in [0.25, 0.3) is 11.3 Å². The highest BCUT2D eigenvalue weighted by molar-refractivity contribution is 6.30. The van der Waals surface area contributed by atoms with Gasteiger partial charge in [0.25, 0.3) is 5.91 Å². The molecular formula is C21H18ClN3O4. The van der Waals surface area contributed by atoms with Crippen molar-refractivity contribution >= 4 is 35.4 Å². The van der Waals surface area contributed by atoms with Gasteiger partial charge in [-0.15, -0.1) is 0 Å². The van der Waals surface area contributed by atoms with Crippen molar-refractivity contribution in [2.45, 2.75) is 0 Å². The normalized spacial score (nSPS) is 10.7. The third kappa shape index (κ3) is 5.70. The number of ether oxygens (including phenoxy) is 1. The zero-order valence-corrected chi connectivity index (χ0v) is 16.3. The minimum absolute atomic E-state index is 0.0644. The number of rotatable bonds is 7. The molecule has 1 heterocycles. The van der Waals surface area contributed by atoms with Crippen molar-refractivity contribution in [2.75, 3.05) is 19.0 Å². The number of hydrogen-bond acceptors (Lipinski definition) is 6. The lowest BCUT2D eigenvalue weighted by Crippen LogP contribution is -2.25. The number of carbonyl (C=O) groups is 2. The number of methoxy groups -OCH3 is 1. The van der Waals surface area contributed by atoms with E-state index in [-0.39, 0.29) is 12.5 Å². The van der Waals surface area contributed by atoms with Gasteiger partial charge in [0.05, 0.1) is 25.4 Å². The van der Waals surface area contributed by atoms with Crippen molar-refractivity contribution in [2.24, 2.45) is 5.10 Å². The summed E-state index contributed by atoms with van der Waals surface area (Å²) in [7, 11) is 1.33. The molecule has 0 spiro atoms. The van der Waals surface area contributed by atoms with Crippen molar-refractivity contribution in [3.05, 3.63) is 77.0 Å². The summed E-state index contributed by atoms with van der Waals surface area (Å²) in [5, 5.41) is 7.47. The lowest BCUT2D eigenvalue weighted by atomic mass is 10.1. The second-order valence-corrected chi connectivity index (χ2v) is 6.36. The largest absolute Gasteiger partial charge is 0.465 e. The highest BCUT2D eigenvalue weighted by atomic mass is 35.5. The van der Waals surface area contributed by atoms with Gasteiger partial charge in [0.1, 0.15) is 11.5 Å². The van der Waals surface area contributed by atoms with Crippen molar-refractivity contribution in [1.29, 1.82) is 0 Å². The zero-order chi connectivity index (χ0) is 20.6. The standard InChI is InChI=1S/C21H18ClN3O4/c1-28-21(27)15-4-2-14(3-5-15)19-11-10-18(29-19)12-24-25-20(26)13-23-17-8-6-16(22)7-9-17/h2-12,23H,13H2,1H3,(H,25,26)/b24-12-. The molecule has 3 rings (SSSR count). The number of furan rings is 1. The fourth-order valence-corrected chi connectivity index (χ4v) is 2.55. The van der Waals surface area contributed by atoms with Crippen LogP contribution in [0.3, 0.4) is 0 Å². The van der Waals surface area contributed by atoms with Crippen LogP contribution in [0.4, 0.5) is 5.69 Å². The number of halogens is 1. The second kappa shape index (κ2) is 9.57. The van der Waals surface area contributed by atoms with E-state index in [2.05, 4.69) is 20.6 Å². The van der Waals surface area contributed by atoms with E-state index in [9.17, 15) is 9.59 Å². The van der Waals surface area contributed by atoms with Gasteiger partial charge in [-0.2, -0.15) is 5.10 Å². The van der Waals surface area contributed by atoms with Crippen LogP contribution < -0.4 is 10.7 Å². The van der Waals surface area contributed by atoms with Crippen molar-refractivity contribution in [1.82, 2.24) is 5.43 Å². The first-order chi connectivity index (χ1) is 14.0. The topological polar surface area (TPSA) is 92.9 Å². The van der Waals surface area contributed by atoms with Crippen LogP contribution in [0.2, 0.25) is 5.02 Å². The Kier molecular flexibility index (Phi) is 6.65. The zero-order valence-electron chi connectivity index (χ0n) is 15.5. The van der Waals surface area contributed by atoms with Crippen molar-refractivity contribution in [3.63, 3.8) is 0 Å². The van der Waals surface area contributed by atoms with E-state index in [0.717, 1.165) is 11.3 Å². The lowest BCUT2D eigenvalue weighted by molar-refractivity contribution is -0.119. The Bertz CT molecular complexity index is 1010. The molecule has 0 fully saturated rings. The van der Waals surface area contributed by atoms with E-state index in [1.165, 1.54) is 13.3 Å². The Morgan fingerprint density at radius 1 is 1.07 bits per heavy atom. The van der Waals surface area contributed by atoms with E-state index >= 15 is 0 Å². The molecule has 1 amide bonds. The highest BCUT2D eigenvalue weighted by Gasteiger charge is 2.08. The van der Waals surface area contributed by atoms with Crippen molar-refractivity contribution in [3.8, 4) is 11.3 Å². The van der Waals surface area contributed by atoms with Gasteiger partial charge >= 0.3 is 5.97 Å². The lowest BCUT2D eigenvalue weighted by Gasteiger charge is -2.04. The number of carbonyl (C=O) groups excluding carboxylic acids is 2. The third-order valence-electron chi connectivity index (χ3n) is 3.90. The highest BCUT2D eigenvalue weighted by Crippen LogP contribution is 2.22. The van der Waals surface area contributed by atoms with E-state index in [0.29, 0.717) is 22.1 Å². The van der Waals surface area contributed by atoms with Crippen LogP contribution in [0.15, 0.2) is 70.2 Å². The molecule has 0 unspecified atom stereocenters. The molecule has 8 heteroatoms. The average Bonchev–Trinajstić information content (AvgIpc) is 3.22. The molecule has 7 nitrogen and oxygen atoms in total. The molecule has 0 saturated heterocycles. The fraction of sp³-hybridized carbons (Fsp3) is 0.0952. The van der Waals surface area contributed by atoms with Crippen LogP contribution >= 0.6 is 11.6 Å². The Morgan fingerprint density at radius 3 is 2.48 bits per heavy atom. The molecule has 2 aromatic carbocycles. The first kappa shape index (κ1) is 20.2. The second-order valence-electron chi connectivity index (χ2n) is 5.92. The van der Waals surface area contributed by atoms with E-state index in [1.54, 1.807) is 60.7 Å². The maximum absolute atomic E-state index is 11.8. The minimum atomic E-state index is -0.398. The number of esters is 1. The van der Waals surface area contributed by atoms with Gasteiger partial charge in [0.15, 0.2) is 0 Å². The van der Waals surface area contributed by atoms with Gasteiger partial charge in [-0.05, 0) is 48.5 Å². The van der Waals surface area contributed by atoms with Crippen LogP contribution in [0, 0.1) is 0 Å². The molecule has 3 aromatic rings. The number of hydrazone groups is 1. The maximum atomic E-state index is 11.8. The Hall–Kier alpha value is -3.58. The van der Waals surface area contributed by atoms with E-state index < -0.39 is 5.97 Å². The smallest absolute Gasteiger partial charge is 0.337 e. The fourth-order valence-electron chi connectivity index (χ4n) is 2.42. The molecule has 0 aliphatic heterocycles. The summed E-state index contributed by atoms with van der Waals surface area (Å²) in [5.41, 5.74) is 4.46. The van der Waals surface area contributed by atoms with Crippen LogP contribution in [0.5, 0.6) is 0 Å². The van der Waals surface area contributed by atoms with Gasteiger partial charge in [-0.1, -0.05) is 23.7 Å². The number of nitrogens with one attached hydrogen (secondary N) is 2. The summed E-state index contributed by atoms with van der Waals surface area (Å²) in [6.07, 6.45) is 1.41. The SMILES string of the molecule is COC(=O)c1ccc(-c2ccc(/C=N\NC(=O)CNc3ccc(Cl)cc3)o2)cc1. The summed E-state index contributed by atoms with van der Waals surface area (Å²) in [6.45, 7) is 0.0644. The minimum Gasteiger partial charge on any atom is -0.465 e. The molecule has 0 aliphatic carbocycles. The number of benzene rings is 2. The molecule has 29 heavy (non-hydrogen) atoms. The van der Waals surface area contributed by atoms with Gasteiger partial charge in [0, 0.05) is 16.3 Å². The third-order valence-corrected chi connectivity index (χ3v) is 4.15. The van der Waals surface area contributed by atoms with Gasteiger partial charge < -0.3 is 14.5 Å². The molecule has 0 bridgehead atoms. The van der Waals surface area contributed by atoms with Crippen LogP contribution in [0.1, 0.15) is 16.1 Å². The quantitative estimate of drug-likeness (QED) is 0.349. The average molecular weight is 412 g/mol. The van der Waals surface area contributed by atoms with Gasteiger partial charge in [-0.25, -0.2) is 10.2 Å². The summed E-state index contributed by atoms with van der Waals surface area (Å²) in [5.74, 6) is 0.382. The molecular weight excluding hydrogens is 394 g/mol. The predicted octanol–water partition coefficient (Wildman–Crippen LogP) is 3.95. The molecule has 148 valence electrons. The Balaban J connectivity index is 1.51. The van der Waals surface area contributed by atoms with E-state index in [1.807, 2.05) is 0 Å². The number of nitrogens with zero attached hydrogens (tertiary/aromatic N) is 1. The first-order valence-electron chi connectivity index (χ1n) is 8.65. The van der Waals surface area contributed by atoms with Crippen LogP contribution in [-0.2, 0) is 9.53 Å². The van der Waals surface area contributed by atoms with Crippen molar-refractivity contribution < 1.29 is 18.7 Å². The Morgan fingerprint density at radius 2 is 1.79 bits per heavy atom. The first-order valence-corrected chi connectivity index (χ1v) is 9.03. The molecule has 0 atom stereocenters. The molecule has 0 radical (unpaired) electrons. The molecule has 2 N–H and O–H groups in total. The summed E-state index contributed by atoms with van der Waals surface area (Å²) < 4.78 is 10.3. The maximum Gasteiger partial charge on any atom is 0.337 e. The molecule has 1 aromatic heterocycles. The Labute approximate surface area is 172 Å². The van der Waals surface area contributed by atoms with Gasteiger partial charge in [0.2, 0.25) is 0 Å². The summed E-state index contributed by atoms with van der Waals surface area (Å²) >= 11 is 5.81. The van der Waals surface area contributed by atoms with Gasteiger partial charge in [-0.3, -0.25) is 4.79 Å².